The number of likely N-dealkylation sites (N-methyl/N-ethyl adjacent to an activating group) is 1. The Morgan fingerprint density at radius 2 is 2.15 bits per heavy atom. The van der Waals surface area contributed by atoms with Gasteiger partial charge in [0.05, 0.1) is 6.61 Å². The van der Waals surface area contributed by atoms with Gasteiger partial charge in [0, 0.05) is 12.1 Å². The molecule has 2 fully saturated rings. The summed E-state index contributed by atoms with van der Waals surface area (Å²) in [7, 11) is 1.90. The summed E-state index contributed by atoms with van der Waals surface area (Å²) in [5, 5.41) is 3.29. The highest BCUT2D eigenvalue weighted by molar-refractivity contribution is 5.81. The number of carbonyl (C=O) groups excluding carboxylic acids is 1. The summed E-state index contributed by atoms with van der Waals surface area (Å²) in [4.78, 5) is 15.0. The van der Waals surface area contributed by atoms with E-state index in [0.29, 0.717) is 12.6 Å². The van der Waals surface area contributed by atoms with Crippen LogP contribution < -0.4 is 5.32 Å². The van der Waals surface area contributed by atoms with Crippen molar-refractivity contribution in [2.45, 2.75) is 76.4 Å². The van der Waals surface area contributed by atoms with E-state index in [0.717, 1.165) is 25.3 Å². The lowest BCUT2D eigenvalue weighted by Crippen LogP contribution is -2.58. The quantitative estimate of drug-likeness (QED) is 0.786. The maximum atomic E-state index is 12.4. The normalized spacial score (nSPS) is 35.1. The van der Waals surface area contributed by atoms with E-state index in [9.17, 15) is 4.79 Å². The van der Waals surface area contributed by atoms with Crippen molar-refractivity contribution in [2.75, 3.05) is 20.2 Å². The van der Waals surface area contributed by atoms with Crippen molar-refractivity contribution in [3.63, 3.8) is 0 Å². The zero-order valence-corrected chi connectivity index (χ0v) is 13.3. The largest absolute Gasteiger partial charge is 0.465 e. The Kier molecular flexibility index (Phi) is 5.44. The number of ether oxygens (including phenoxy) is 1. The molecule has 3 unspecified atom stereocenters. The van der Waals surface area contributed by atoms with Gasteiger partial charge in [-0.2, -0.15) is 0 Å². The van der Waals surface area contributed by atoms with Crippen molar-refractivity contribution in [1.82, 2.24) is 10.2 Å². The van der Waals surface area contributed by atoms with Gasteiger partial charge in [-0.15, -0.1) is 0 Å². The zero-order chi connectivity index (χ0) is 14.6. The van der Waals surface area contributed by atoms with Crippen LogP contribution in [0.1, 0.15) is 58.8 Å². The summed E-state index contributed by atoms with van der Waals surface area (Å²) in [5.41, 5.74) is -0.459. The number of nitrogens with one attached hydrogen (secondary N) is 1. The van der Waals surface area contributed by atoms with E-state index in [-0.39, 0.29) is 5.97 Å². The lowest BCUT2D eigenvalue weighted by atomic mass is 9.78. The molecule has 0 spiro atoms. The molecule has 0 bridgehead atoms. The van der Waals surface area contributed by atoms with Gasteiger partial charge >= 0.3 is 5.97 Å². The third-order valence-corrected chi connectivity index (χ3v) is 5.23. The van der Waals surface area contributed by atoms with Crippen LogP contribution >= 0.6 is 0 Å². The maximum Gasteiger partial charge on any atom is 0.326 e. The minimum Gasteiger partial charge on any atom is -0.465 e. The van der Waals surface area contributed by atoms with Gasteiger partial charge in [-0.1, -0.05) is 6.92 Å². The Morgan fingerprint density at radius 1 is 1.35 bits per heavy atom. The first-order chi connectivity index (χ1) is 9.66. The van der Waals surface area contributed by atoms with Crippen molar-refractivity contribution in [3.8, 4) is 0 Å². The van der Waals surface area contributed by atoms with Crippen LogP contribution in [-0.4, -0.2) is 48.7 Å². The average molecular weight is 282 g/mol. The van der Waals surface area contributed by atoms with Gasteiger partial charge in [0.1, 0.15) is 5.54 Å². The van der Waals surface area contributed by atoms with Crippen LogP contribution in [0.15, 0.2) is 0 Å². The number of likely N-dealkylation sites (tertiary alicyclic amines) is 1. The lowest BCUT2D eigenvalue weighted by Gasteiger charge is -2.43. The monoisotopic (exact) mass is 282 g/mol. The number of carbonyl (C=O) groups is 1. The molecule has 0 aromatic carbocycles. The highest BCUT2D eigenvalue weighted by Crippen LogP contribution is 2.35. The van der Waals surface area contributed by atoms with E-state index in [2.05, 4.69) is 17.1 Å². The summed E-state index contributed by atoms with van der Waals surface area (Å²) in [6.45, 7) is 5.83. The first kappa shape index (κ1) is 15.8. The molecule has 4 heteroatoms. The summed E-state index contributed by atoms with van der Waals surface area (Å²) in [6, 6.07) is 1.25. The van der Waals surface area contributed by atoms with E-state index in [1.54, 1.807) is 0 Å². The maximum absolute atomic E-state index is 12.4. The fourth-order valence-corrected chi connectivity index (χ4v) is 4.09. The lowest BCUT2D eigenvalue weighted by molar-refractivity contribution is -0.153. The zero-order valence-electron chi connectivity index (χ0n) is 13.3. The minimum absolute atomic E-state index is 0.0561. The van der Waals surface area contributed by atoms with E-state index in [1.165, 1.54) is 32.2 Å². The molecule has 1 saturated carbocycles. The number of nitrogens with zero attached hydrogens (tertiary/aromatic N) is 1. The second-order valence-corrected chi connectivity index (χ2v) is 6.24. The van der Waals surface area contributed by atoms with E-state index >= 15 is 0 Å². The summed E-state index contributed by atoms with van der Waals surface area (Å²) >= 11 is 0. The molecule has 2 aliphatic rings. The fraction of sp³-hybridized carbons (Fsp3) is 0.938. The predicted molar refractivity (Wildman–Crippen MR) is 80.7 cm³/mol. The summed E-state index contributed by atoms with van der Waals surface area (Å²) in [6.07, 6.45) is 7.99. The van der Waals surface area contributed by atoms with Crippen molar-refractivity contribution in [1.29, 1.82) is 0 Å². The molecule has 20 heavy (non-hydrogen) atoms. The summed E-state index contributed by atoms with van der Waals surface area (Å²) in [5.74, 6) is -0.0561. The van der Waals surface area contributed by atoms with E-state index < -0.39 is 5.54 Å². The number of hydrogen-bond donors (Lipinski definition) is 1. The molecule has 116 valence electrons. The van der Waals surface area contributed by atoms with Crippen LogP contribution in [0.2, 0.25) is 0 Å². The molecular formula is C16H30N2O2. The topological polar surface area (TPSA) is 41.6 Å². The first-order valence-corrected chi connectivity index (χ1v) is 8.28. The molecule has 0 radical (unpaired) electrons. The second-order valence-electron chi connectivity index (χ2n) is 6.24. The van der Waals surface area contributed by atoms with Crippen LogP contribution in [0.5, 0.6) is 0 Å². The van der Waals surface area contributed by atoms with Gasteiger partial charge < -0.3 is 10.1 Å². The molecular weight excluding hydrogens is 252 g/mol. The van der Waals surface area contributed by atoms with Crippen molar-refractivity contribution >= 4 is 5.97 Å². The summed E-state index contributed by atoms with van der Waals surface area (Å²) < 4.78 is 5.32. The standard InChI is InChI=1S/C16H30N2O2/c1-4-13-9-7-11-18(13)14-8-6-10-16(12-14,17-3)15(19)20-5-2/h13-14,17H,4-12H2,1-3H3. The van der Waals surface area contributed by atoms with Crippen LogP contribution in [0.3, 0.4) is 0 Å². The van der Waals surface area contributed by atoms with Gasteiger partial charge in [0.25, 0.3) is 0 Å². The number of esters is 1. The Balaban J connectivity index is 2.08. The molecule has 2 rings (SSSR count). The van der Waals surface area contributed by atoms with Crippen LogP contribution in [0.25, 0.3) is 0 Å². The SMILES string of the molecule is CCOC(=O)C1(NC)CCCC(N2CCCC2CC)C1. The van der Waals surface area contributed by atoms with Crippen LogP contribution in [0, 0.1) is 0 Å². The first-order valence-electron chi connectivity index (χ1n) is 8.28. The number of hydrogen-bond acceptors (Lipinski definition) is 4. The molecule has 0 aromatic rings. The van der Waals surface area contributed by atoms with Crippen molar-refractivity contribution in [3.05, 3.63) is 0 Å². The Morgan fingerprint density at radius 3 is 2.80 bits per heavy atom. The molecule has 3 atom stereocenters. The number of rotatable bonds is 5. The average Bonchev–Trinajstić information content (AvgIpc) is 2.96. The van der Waals surface area contributed by atoms with E-state index in [4.69, 9.17) is 4.74 Å². The molecule has 1 aliphatic carbocycles. The van der Waals surface area contributed by atoms with Crippen molar-refractivity contribution < 1.29 is 9.53 Å². The highest BCUT2D eigenvalue weighted by atomic mass is 16.5. The molecule has 0 amide bonds. The smallest absolute Gasteiger partial charge is 0.326 e. The van der Waals surface area contributed by atoms with Gasteiger partial charge in [-0.25, -0.2) is 0 Å². The minimum atomic E-state index is -0.459. The van der Waals surface area contributed by atoms with Crippen LogP contribution in [-0.2, 0) is 9.53 Å². The Hall–Kier alpha value is -0.610. The van der Waals surface area contributed by atoms with E-state index in [1.807, 2.05) is 14.0 Å². The van der Waals surface area contributed by atoms with Gasteiger partial charge in [-0.3, -0.25) is 9.69 Å². The molecule has 1 aliphatic heterocycles. The molecule has 1 N–H and O–H groups in total. The van der Waals surface area contributed by atoms with Crippen LogP contribution in [0.4, 0.5) is 0 Å². The van der Waals surface area contributed by atoms with Gasteiger partial charge in [-0.05, 0) is 65.5 Å². The molecule has 0 aromatic heterocycles. The van der Waals surface area contributed by atoms with Crippen molar-refractivity contribution in [2.24, 2.45) is 0 Å². The Labute approximate surface area is 123 Å². The molecule has 1 heterocycles. The molecule has 1 saturated heterocycles. The predicted octanol–water partition coefficient (Wildman–Crippen LogP) is 2.32. The third-order valence-electron chi connectivity index (χ3n) is 5.23. The second kappa shape index (κ2) is 6.90. The van der Waals surface area contributed by atoms with Gasteiger partial charge in [0.15, 0.2) is 0 Å². The van der Waals surface area contributed by atoms with Gasteiger partial charge in [0.2, 0.25) is 0 Å². The fourth-order valence-electron chi connectivity index (χ4n) is 4.09. The molecule has 4 nitrogen and oxygen atoms in total. The Bertz CT molecular complexity index is 334. The highest BCUT2D eigenvalue weighted by Gasteiger charge is 2.45. The third kappa shape index (κ3) is 3.01.